The third kappa shape index (κ3) is 15.4. The monoisotopic (exact) mass is 541 g/mol. The van der Waals surface area contributed by atoms with Crippen LogP contribution in [0.3, 0.4) is 0 Å². The first-order chi connectivity index (χ1) is 16.7. The minimum atomic E-state index is -2.24. The quantitative estimate of drug-likeness (QED) is 0.0950. The summed E-state index contributed by atoms with van der Waals surface area (Å²) in [5, 5.41) is 0. The minimum absolute atomic E-state index is 0. The Balaban J connectivity index is 0.00000612. The van der Waals surface area contributed by atoms with Gasteiger partial charge in [-0.2, -0.15) is 0 Å². The van der Waals surface area contributed by atoms with Crippen LogP contribution in [0, 0.1) is 0 Å². The van der Waals surface area contributed by atoms with Crippen molar-refractivity contribution in [1.29, 1.82) is 0 Å². The second-order valence-electron chi connectivity index (χ2n) is 9.44. The van der Waals surface area contributed by atoms with E-state index in [9.17, 15) is 4.57 Å². The number of unbranched alkanes of at least 4 members (excludes halogenated alkanes) is 12. The Morgan fingerprint density at radius 2 is 0.829 bits per heavy atom. The predicted molar refractivity (Wildman–Crippen MR) is 145 cm³/mol. The topological polar surface area (TPSA) is 35.5 Å². The van der Waals surface area contributed by atoms with Crippen molar-refractivity contribution in [3.63, 3.8) is 0 Å². The van der Waals surface area contributed by atoms with Crippen molar-refractivity contribution in [3.05, 3.63) is 59.7 Å². The Bertz CT molecular complexity index is 712. The van der Waals surface area contributed by atoms with Crippen molar-refractivity contribution < 1.29 is 30.7 Å². The van der Waals surface area contributed by atoms with Crippen molar-refractivity contribution in [2.75, 3.05) is 0 Å². The second-order valence-corrected chi connectivity index (χ2v) is 10.2. The summed E-state index contributed by atoms with van der Waals surface area (Å²) >= 11 is 0. The van der Waals surface area contributed by atoms with Gasteiger partial charge in [0.05, 0.1) is 0 Å². The van der Waals surface area contributed by atoms with Crippen LogP contribution >= 0.6 is 8.25 Å². The Hall–Kier alpha value is -1.34. The first-order valence-corrected chi connectivity index (χ1v) is 14.8. The fraction of sp³-hybridized carbons (Fsp3) is 0.600. The Morgan fingerprint density at radius 1 is 0.514 bits per heavy atom. The molecule has 0 unspecified atom stereocenters. The largest absolute Gasteiger partial charge is 3.00 e. The number of hydrogen-bond acceptors (Lipinski definition) is 3. The third-order valence-electron chi connectivity index (χ3n) is 6.34. The SMILES string of the molecule is CCCCCCCCCc1ccc(O[P+](=O)Oc2ccc(CCCCCCCCC)cc2)cc1.[Fe+3]. The van der Waals surface area contributed by atoms with Crippen molar-refractivity contribution in [1.82, 2.24) is 0 Å². The fourth-order valence-corrected chi connectivity index (χ4v) is 4.82. The molecule has 193 valence electrons. The molecular formula is C30H46FeO3P+4. The molecule has 0 amide bonds. The zero-order chi connectivity index (χ0) is 24.3. The van der Waals surface area contributed by atoms with Crippen LogP contribution in [-0.2, 0) is 34.5 Å². The number of benzene rings is 2. The average molecular weight is 542 g/mol. The second kappa shape index (κ2) is 20.8. The van der Waals surface area contributed by atoms with Crippen LogP contribution in [0.25, 0.3) is 0 Å². The first-order valence-electron chi connectivity index (χ1n) is 13.7. The molecule has 0 aliphatic rings. The smallest absolute Gasteiger partial charge is 0.222 e. The fourth-order valence-electron chi connectivity index (χ4n) is 4.20. The van der Waals surface area contributed by atoms with E-state index in [4.69, 9.17) is 9.05 Å². The number of hydrogen-bond donors (Lipinski definition) is 0. The third-order valence-corrected chi connectivity index (χ3v) is 7.06. The maximum Gasteiger partial charge on any atom is 3.00 e. The van der Waals surface area contributed by atoms with E-state index in [1.165, 1.54) is 101 Å². The van der Waals surface area contributed by atoms with Gasteiger partial charge in [0.2, 0.25) is 0 Å². The van der Waals surface area contributed by atoms with Crippen LogP contribution in [0.2, 0.25) is 0 Å². The van der Waals surface area contributed by atoms with E-state index in [1.807, 2.05) is 24.3 Å². The van der Waals surface area contributed by atoms with Gasteiger partial charge < -0.3 is 0 Å². The van der Waals surface area contributed by atoms with Gasteiger partial charge in [-0.15, -0.1) is 0 Å². The molecule has 0 saturated carbocycles. The summed E-state index contributed by atoms with van der Waals surface area (Å²) in [5.74, 6) is 1.17. The van der Waals surface area contributed by atoms with E-state index >= 15 is 0 Å². The summed E-state index contributed by atoms with van der Waals surface area (Å²) in [6.07, 6.45) is 20.6. The molecule has 5 heteroatoms. The number of aryl methyl sites for hydroxylation is 2. The van der Waals surface area contributed by atoms with Crippen LogP contribution in [0.15, 0.2) is 48.5 Å². The molecule has 0 aromatic heterocycles. The molecule has 0 heterocycles. The van der Waals surface area contributed by atoms with Crippen LogP contribution < -0.4 is 9.05 Å². The van der Waals surface area contributed by atoms with Gasteiger partial charge in [-0.3, -0.25) is 0 Å². The maximum absolute atomic E-state index is 12.3. The van der Waals surface area contributed by atoms with Gasteiger partial charge in [0.1, 0.15) is 0 Å². The average Bonchev–Trinajstić information content (AvgIpc) is 2.85. The van der Waals surface area contributed by atoms with Crippen LogP contribution in [0.5, 0.6) is 11.5 Å². The Kier molecular flexibility index (Phi) is 18.8. The van der Waals surface area contributed by atoms with Crippen LogP contribution in [0.1, 0.15) is 115 Å². The Labute approximate surface area is 226 Å². The summed E-state index contributed by atoms with van der Waals surface area (Å²) in [6, 6.07) is 15.8. The van der Waals surface area contributed by atoms with E-state index in [-0.39, 0.29) is 17.1 Å². The molecule has 0 bridgehead atoms. The molecular weight excluding hydrogens is 495 g/mol. The van der Waals surface area contributed by atoms with E-state index in [0.29, 0.717) is 11.5 Å². The molecule has 0 fully saturated rings. The molecule has 2 aromatic rings. The zero-order valence-corrected chi connectivity index (χ0v) is 24.0. The molecule has 2 aromatic carbocycles. The molecule has 0 spiro atoms. The van der Waals surface area contributed by atoms with E-state index in [0.717, 1.165) is 12.8 Å². The van der Waals surface area contributed by atoms with Crippen LogP contribution in [0.4, 0.5) is 0 Å². The number of rotatable bonds is 20. The first kappa shape index (κ1) is 31.7. The molecule has 0 atom stereocenters. The summed E-state index contributed by atoms with van der Waals surface area (Å²) in [4.78, 5) is 0. The molecule has 0 N–H and O–H groups in total. The molecule has 0 saturated heterocycles. The van der Waals surface area contributed by atoms with Gasteiger partial charge in [0.25, 0.3) is 0 Å². The molecule has 0 aliphatic carbocycles. The van der Waals surface area contributed by atoms with Crippen molar-refractivity contribution in [3.8, 4) is 11.5 Å². The van der Waals surface area contributed by atoms with Gasteiger partial charge in [-0.25, -0.2) is 9.05 Å². The molecule has 0 aliphatic heterocycles. The van der Waals surface area contributed by atoms with E-state index in [1.54, 1.807) is 0 Å². The van der Waals surface area contributed by atoms with Gasteiger partial charge in [-0.05, 0) is 61.1 Å². The van der Waals surface area contributed by atoms with Crippen molar-refractivity contribution in [2.45, 2.75) is 117 Å². The zero-order valence-electron chi connectivity index (χ0n) is 22.0. The molecule has 2 rings (SSSR count). The van der Waals surface area contributed by atoms with Crippen molar-refractivity contribution >= 4 is 8.25 Å². The molecule has 3 nitrogen and oxygen atoms in total. The standard InChI is InChI=1S/C30H46O3P.Fe/c1-3-5-7-9-11-13-15-17-27-19-23-29(24-20-27)32-34(31)33-30-25-21-28(22-26-30)18-16-14-12-10-8-6-4-2;/h19-26H,3-18H2,1-2H3;/q+1;+3. The van der Waals surface area contributed by atoms with Gasteiger partial charge in [0, 0.05) is 4.57 Å². The van der Waals surface area contributed by atoms with Gasteiger partial charge in [-0.1, -0.05) is 115 Å². The van der Waals surface area contributed by atoms with E-state index < -0.39 is 8.25 Å². The van der Waals surface area contributed by atoms with E-state index in [2.05, 4.69) is 38.1 Å². The normalized spacial score (nSPS) is 10.6. The van der Waals surface area contributed by atoms with Gasteiger partial charge in [0.15, 0.2) is 11.5 Å². The predicted octanol–water partition coefficient (Wildman–Crippen LogP) is 10.4. The maximum atomic E-state index is 12.3. The van der Waals surface area contributed by atoms with Crippen molar-refractivity contribution in [2.24, 2.45) is 0 Å². The molecule has 1 radical (unpaired) electrons. The molecule has 35 heavy (non-hydrogen) atoms. The Morgan fingerprint density at radius 3 is 1.17 bits per heavy atom. The summed E-state index contributed by atoms with van der Waals surface area (Å²) in [7, 11) is -2.24. The summed E-state index contributed by atoms with van der Waals surface area (Å²) in [5.41, 5.74) is 2.60. The van der Waals surface area contributed by atoms with Gasteiger partial charge >= 0.3 is 25.3 Å². The minimum Gasteiger partial charge on any atom is -0.222 e. The van der Waals surface area contributed by atoms with Crippen LogP contribution in [-0.4, -0.2) is 0 Å². The summed E-state index contributed by atoms with van der Waals surface area (Å²) in [6.45, 7) is 4.51. The summed E-state index contributed by atoms with van der Waals surface area (Å²) < 4.78 is 23.3.